The highest BCUT2D eigenvalue weighted by molar-refractivity contribution is 6.05. The van der Waals surface area contributed by atoms with E-state index in [1.165, 1.54) is 37.1 Å². The van der Waals surface area contributed by atoms with Gasteiger partial charge in [0.1, 0.15) is 11.3 Å². The third kappa shape index (κ3) is 3.53. The van der Waals surface area contributed by atoms with Crippen LogP contribution in [0.2, 0.25) is 0 Å². The molecule has 0 aliphatic carbocycles. The maximum atomic E-state index is 12.6. The molecule has 0 radical (unpaired) electrons. The average Bonchev–Trinajstić information content (AvgIpc) is 3.35. The number of aryl methyl sites for hydroxylation is 3. The lowest BCUT2D eigenvalue weighted by atomic mass is 10.1. The average molecular weight is 383 g/mol. The first-order chi connectivity index (χ1) is 13.4. The topological polar surface area (TPSA) is 61.6 Å². The van der Waals surface area contributed by atoms with Crippen LogP contribution in [0.5, 0.6) is 0 Å². The fourth-order valence-corrected chi connectivity index (χ4v) is 4.82. The van der Waals surface area contributed by atoms with Crippen LogP contribution in [0.15, 0.2) is 22.7 Å². The predicted octanol–water partition coefficient (Wildman–Crippen LogP) is 3.92. The van der Waals surface area contributed by atoms with Gasteiger partial charge in [0, 0.05) is 36.5 Å². The summed E-state index contributed by atoms with van der Waals surface area (Å²) in [6.07, 6.45) is 3.89. The Balaban J connectivity index is 1.44. The zero-order valence-corrected chi connectivity index (χ0v) is 17.3. The van der Waals surface area contributed by atoms with Crippen molar-refractivity contribution in [2.24, 2.45) is 0 Å². The normalized spacial score (nSPS) is 22.8. The summed E-state index contributed by atoms with van der Waals surface area (Å²) in [5.41, 5.74) is 4.39. The molecule has 6 heteroatoms. The summed E-state index contributed by atoms with van der Waals surface area (Å²) in [5, 5.41) is 6.84. The van der Waals surface area contributed by atoms with E-state index < -0.39 is 0 Å². The van der Waals surface area contributed by atoms with Crippen LogP contribution in [0.25, 0.3) is 0 Å². The molecule has 0 bridgehead atoms. The molecule has 0 saturated carbocycles. The number of hydrogen-bond donors (Lipinski definition) is 1. The minimum atomic E-state index is -0.173. The first kappa shape index (κ1) is 19.0. The van der Waals surface area contributed by atoms with Crippen LogP contribution in [-0.2, 0) is 0 Å². The molecule has 1 aromatic carbocycles. The molecule has 3 heterocycles. The van der Waals surface area contributed by atoms with Gasteiger partial charge in [0.25, 0.3) is 5.91 Å². The van der Waals surface area contributed by atoms with Gasteiger partial charge in [-0.2, -0.15) is 0 Å². The van der Waals surface area contributed by atoms with Crippen LogP contribution in [-0.4, -0.2) is 47.7 Å². The molecule has 2 saturated heterocycles. The maximum Gasteiger partial charge on any atom is 0.261 e. The fourth-order valence-electron chi connectivity index (χ4n) is 4.82. The molecule has 2 atom stereocenters. The Morgan fingerprint density at radius 3 is 2.68 bits per heavy atom. The van der Waals surface area contributed by atoms with Crippen LogP contribution in [0, 0.1) is 20.8 Å². The van der Waals surface area contributed by atoms with Crippen molar-refractivity contribution in [2.75, 3.05) is 29.9 Å². The van der Waals surface area contributed by atoms with Gasteiger partial charge in [0.2, 0.25) is 0 Å². The summed E-state index contributed by atoms with van der Waals surface area (Å²) in [4.78, 5) is 17.7. The SMILES string of the molecule is Cc1cc(NC(=O)c2c(C)noc2C)ccc1N1CCC(N2CCCC2C)C1. The van der Waals surface area contributed by atoms with Crippen LogP contribution in [0.1, 0.15) is 53.6 Å². The number of nitrogens with zero attached hydrogens (tertiary/aromatic N) is 3. The number of rotatable bonds is 4. The number of carbonyl (C=O) groups is 1. The summed E-state index contributed by atoms with van der Waals surface area (Å²) in [5.74, 6) is 0.371. The van der Waals surface area contributed by atoms with Gasteiger partial charge in [0.15, 0.2) is 0 Å². The standard InChI is InChI=1S/C22H30N4O2/c1-14-12-18(23-22(27)21-16(3)24-28-17(21)4)7-8-20(14)25-11-9-19(13-25)26-10-5-6-15(26)2/h7-8,12,15,19H,5-6,9-11,13H2,1-4H3,(H,23,27). The van der Waals surface area contributed by atoms with Crippen molar-refractivity contribution in [2.45, 2.75) is 59.0 Å². The largest absolute Gasteiger partial charge is 0.370 e. The maximum absolute atomic E-state index is 12.6. The quantitative estimate of drug-likeness (QED) is 0.869. The first-order valence-electron chi connectivity index (χ1n) is 10.3. The second-order valence-corrected chi connectivity index (χ2v) is 8.27. The zero-order chi connectivity index (χ0) is 19.8. The Morgan fingerprint density at radius 1 is 1.21 bits per heavy atom. The highest BCUT2D eigenvalue weighted by atomic mass is 16.5. The summed E-state index contributed by atoms with van der Waals surface area (Å²) in [6, 6.07) is 7.55. The molecule has 28 heavy (non-hydrogen) atoms. The number of likely N-dealkylation sites (tertiary alicyclic amines) is 1. The Kier molecular flexibility index (Phi) is 5.15. The lowest BCUT2D eigenvalue weighted by molar-refractivity contribution is 0.102. The summed E-state index contributed by atoms with van der Waals surface area (Å²) in [6.45, 7) is 11.4. The van der Waals surface area contributed by atoms with Gasteiger partial charge in [-0.05, 0) is 77.3 Å². The van der Waals surface area contributed by atoms with Crippen LogP contribution < -0.4 is 10.2 Å². The highest BCUT2D eigenvalue weighted by Gasteiger charge is 2.33. The molecular weight excluding hydrogens is 352 g/mol. The van der Waals surface area contributed by atoms with Crippen LogP contribution in [0.4, 0.5) is 11.4 Å². The second-order valence-electron chi connectivity index (χ2n) is 8.27. The summed E-state index contributed by atoms with van der Waals surface area (Å²) in [7, 11) is 0. The lowest BCUT2D eigenvalue weighted by Gasteiger charge is -2.29. The van der Waals surface area contributed by atoms with E-state index in [9.17, 15) is 4.79 Å². The van der Waals surface area contributed by atoms with Crippen molar-refractivity contribution >= 4 is 17.3 Å². The molecular formula is C22H30N4O2. The third-order valence-electron chi connectivity index (χ3n) is 6.29. The van der Waals surface area contributed by atoms with Gasteiger partial charge in [-0.1, -0.05) is 5.16 Å². The number of hydrogen-bond acceptors (Lipinski definition) is 5. The van der Waals surface area contributed by atoms with Gasteiger partial charge in [-0.25, -0.2) is 0 Å². The molecule has 2 unspecified atom stereocenters. The van der Waals surface area contributed by atoms with E-state index in [4.69, 9.17) is 4.52 Å². The third-order valence-corrected chi connectivity index (χ3v) is 6.29. The van der Waals surface area contributed by atoms with Crippen LogP contribution in [0.3, 0.4) is 0 Å². The van der Waals surface area contributed by atoms with Crippen molar-refractivity contribution in [3.05, 3.63) is 40.8 Å². The number of anilines is 2. The van der Waals surface area contributed by atoms with Gasteiger partial charge in [-0.15, -0.1) is 0 Å². The smallest absolute Gasteiger partial charge is 0.261 e. The lowest BCUT2D eigenvalue weighted by Crippen LogP contribution is -2.39. The molecule has 1 amide bonds. The first-order valence-corrected chi connectivity index (χ1v) is 10.3. The molecule has 4 rings (SSSR count). The molecule has 1 aromatic heterocycles. The van der Waals surface area contributed by atoms with Gasteiger partial charge < -0.3 is 14.7 Å². The highest BCUT2D eigenvalue weighted by Crippen LogP contribution is 2.31. The van der Waals surface area contributed by atoms with E-state index in [2.05, 4.69) is 46.3 Å². The Labute approximate surface area is 166 Å². The summed E-state index contributed by atoms with van der Waals surface area (Å²) >= 11 is 0. The molecule has 1 N–H and O–H groups in total. The molecule has 0 spiro atoms. The van der Waals surface area contributed by atoms with Gasteiger partial charge in [-0.3, -0.25) is 9.69 Å². The monoisotopic (exact) mass is 382 g/mol. The van der Waals surface area contributed by atoms with E-state index in [0.717, 1.165) is 18.8 Å². The predicted molar refractivity (Wildman–Crippen MR) is 111 cm³/mol. The number of benzene rings is 1. The van der Waals surface area contributed by atoms with E-state index in [1.807, 2.05) is 6.07 Å². The van der Waals surface area contributed by atoms with E-state index in [0.29, 0.717) is 29.1 Å². The number of carbonyl (C=O) groups excluding carboxylic acids is 1. The Morgan fingerprint density at radius 2 is 2.04 bits per heavy atom. The molecule has 2 aliphatic rings. The van der Waals surface area contributed by atoms with Gasteiger partial charge in [0.05, 0.1) is 5.69 Å². The molecule has 2 aliphatic heterocycles. The molecule has 6 nitrogen and oxygen atoms in total. The molecule has 2 aromatic rings. The van der Waals surface area contributed by atoms with Gasteiger partial charge >= 0.3 is 0 Å². The van der Waals surface area contributed by atoms with Crippen LogP contribution >= 0.6 is 0 Å². The molecule has 150 valence electrons. The fraction of sp³-hybridized carbons (Fsp3) is 0.545. The van der Waals surface area contributed by atoms with Crippen molar-refractivity contribution < 1.29 is 9.32 Å². The van der Waals surface area contributed by atoms with Crippen molar-refractivity contribution in [1.29, 1.82) is 0 Å². The number of amides is 1. The minimum Gasteiger partial charge on any atom is -0.370 e. The van der Waals surface area contributed by atoms with Crippen molar-refractivity contribution in [3.8, 4) is 0 Å². The second kappa shape index (κ2) is 7.59. The van der Waals surface area contributed by atoms with E-state index >= 15 is 0 Å². The van der Waals surface area contributed by atoms with Crippen molar-refractivity contribution in [3.63, 3.8) is 0 Å². The Hall–Kier alpha value is -2.34. The van der Waals surface area contributed by atoms with E-state index in [-0.39, 0.29) is 5.91 Å². The van der Waals surface area contributed by atoms with Crippen molar-refractivity contribution in [1.82, 2.24) is 10.1 Å². The van der Waals surface area contributed by atoms with E-state index in [1.54, 1.807) is 13.8 Å². The zero-order valence-electron chi connectivity index (χ0n) is 17.3. The minimum absolute atomic E-state index is 0.173. The number of nitrogens with one attached hydrogen (secondary N) is 1. The summed E-state index contributed by atoms with van der Waals surface area (Å²) < 4.78 is 5.10. The number of aromatic nitrogens is 1. The Bertz CT molecular complexity index is 856. The molecule has 2 fully saturated rings.